The van der Waals surface area contributed by atoms with Gasteiger partial charge in [-0.05, 0) is 86.5 Å². The van der Waals surface area contributed by atoms with Crippen LogP contribution < -0.4 is 0 Å². The average Bonchev–Trinajstić information content (AvgIpc) is 3.22. The Balaban J connectivity index is 1.63. The van der Waals surface area contributed by atoms with Gasteiger partial charge in [0.15, 0.2) is 5.78 Å². The highest BCUT2D eigenvalue weighted by molar-refractivity contribution is 6.13. The van der Waals surface area contributed by atoms with Crippen molar-refractivity contribution < 1.29 is 24.7 Å². The van der Waals surface area contributed by atoms with Crippen molar-refractivity contribution in [2.75, 3.05) is 7.11 Å². The molecule has 0 aromatic rings. The Morgan fingerprint density at radius 3 is 2.54 bits per heavy atom. The maximum absolute atomic E-state index is 14.0. The molecule has 204 valence electrons. The van der Waals surface area contributed by atoms with Crippen LogP contribution in [0.5, 0.6) is 0 Å². The second-order valence-electron chi connectivity index (χ2n) is 12.7. The maximum Gasteiger partial charge on any atom is 0.312 e. The van der Waals surface area contributed by atoms with E-state index in [4.69, 9.17) is 4.74 Å². The molecule has 0 aliphatic heterocycles. The van der Waals surface area contributed by atoms with Crippen LogP contribution in [0.2, 0.25) is 0 Å². The zero-order chi connectivity index (χ0) is 27.3. The van der Waals surface area contributed by atoms with Crippen LogP contribution in [0.1, 0.15) is 86.0 Å². The number of carbonyl (C=O) groups is 2. The van der Waals surface area contributed by atoms with Crippen LogP contribution in [0.3, 0.4) is 0 Å². The number of esters is 1. The third kappa shape index (κ3) is 4.26. The quantitative estimate of drug-likeness (QED) is 0.191. The molecular weight excluding hydrogens is 468 g/mol. The molecule has 2 fully saturated rings. The molecule has 2 N–H and O–H groups in total. The number of methoxy groups -OCH3 is 1. The molecule has 0 bridgehead atoms. The molecule has 0 heterocycles. The van der Waals surface area contributed by atoms with Crippen molar-refractivity contribution in [1.29, 1.82) is 0 Å². The number of ether oxygens (including phenoxy) is 1. The smallest absolute Gasteiger partial charge is 0.312 e. The molecule has 7 nitrogen and oxygen atoms in total. The fourth-order valence-electron chi connectivity index (χ4n) is 8.68. The van der Waals surface area contributed by atoms with Crippen molar-refractivity contribution in [3.8, 4) is 0 Å². The monoisotopic (exact) mass is 512 g/mol. The summed E-state index contributed by atoms with van der Waals surface area (Å²) < 4.78 is 4.88. The fourth-order valence-corrected chi connectivity index (χ4v) is 8.68. The summed E-state index contributed by atoms with van der Waals surface area (Å²) in [6, 6.07) is 0. The summed E-state index contributed by atoms with van der Waals surface area (Å²) in [5.41, 5.74) is 3.71. The van der Waals surface area contributed by atoms with Crippen LogP contribution in [0.25, 0.3) is 0 Å². The predicted octanol–water partition coefficient (Wildman–Crippen LogP) is 6.19. The van der Waals surface area contributed by atoms with Crippen molar-refractivity contribution in [1.82, 2.24) is 0 Å². The number of hydrogen-bond acceptors (Lipinski definition) is 7. The molecule has 0 aromatic carbocycles. The Hall–Kier alpha value is -2.44. The van der Waals surface area contributed by atoms with Crippen LogP contribution in [0.15, 0.2) is 33.6 Å². The van der Waals surface area contributed by atoms with Crippen molar-refractivity contribution in [2.24, 2.45) is 56.6 Å². The normalized spacial score (nSPS) is 39.1. The van der Waals surface area contributed by atoms with Gasteiger partial charge < -0.3 is 15.2 Å². The lowest BCUT2D eigenvalue weighted by atomic mass is 9.48. The molecule has 0 unspecified atom stereocenters. The number of Topliss-reactive ketones (excluding diaryl/α,β-unsaturated/α-hetero) is 1. The highest BCUT2D eigenvalue weighted by Gasteiger charge is 2.61. The molecule has 0 aromatic heterocycles. The van der Waals surface area contributed by atoms with Gasteiger partial charge >= 0.3 is 5.97 Å². The van der Waals surface area contributed by atoms with Gasteiger partial charge in [-0.15, -0.1) is 0 Å². The van der Waals surface area contributed by atoms with Crippen LogP contribution in [0.4, 0.5) is 0 Å². The van der Waals surface area contributed by atoms with Crippen molar-refractivity contribution in [2.45, 2.75) is 86.0 Å². The summed E-state index contributed by atoms with van der Waals surface area (Å²) in [6.45, 7) is 14.8. The Morgan fingerprint density at radius 2 is 1.92 bits per heavy atom. The van der Waals surface area contributed by atoms with Gasteiger partial charge in [-0.25, -0.2) is 0 Å². The minimum absolute atomic E-state index is 0.0208. The van der Waals surface area contributed by atoms with E-state index in [-0.39, 0.29) is 46.3 Å². The van der Waals surface area contributed by atoms with Crippen molar-refractivity contribution in [3.63, 3.8) is 0 Å². The van der Waals surface area contributed by atoms with E-state index in [9.17, 15) is 20.0 Å². The van der Waals surface area contributed by atoms with E-state index in [2.05, 4.69) is 44.6 Å². The number of nitrogens with zero attached hydrogens (tertiary/aromatic N) is 2. The zero-order valence-corrected chi connectivity index (χ0v) is 23.3. The second-order valence-corrected chi connectivity index (χ2v) is 12.7. The lowest BCUT2D eigenvalue weighted by Gasteiger charge is -2.54. The van der Waals surface area contributed by atoms with Crippen LogP contribution in [0, 0.1) is 46.3 Å². The van der Waals surface area contributed by atoms with Crippen molar-refractivity contribution >= 4 is 23.2 Å². The fraction of sp³-hybridized carbons (Fsp3) is 0.733. The molecule has 0 amide bonds. The van der Waals surface area contributed by atoms with Gasteiger partial charge in [0.25, 0.3) is 0 Å². The summed E-state index contributed by atoms with van der Waals surface area (Å²) in [7, 11) is 1.40. The van der Waals surface area contributed by atoms with Crippen LogP contribution in [-0.2, 0) is 14.3 Å². The molecule has 4 aliphatic carbocycles. The number of oxime groups is 2. The first-order chi connectivity index (χ1) is 17.4. The van der Waals surface area contributed by atoms with E-state index < -0.39 is 0 Å². The first-order valence-electron chi connectivity index (χ1n) is 13.9. The van der Waals surface area contributed by atoms with Gasteiger partial charge in [-0.2, -0.15) is 0 Å². The number of allylic oxidation sites excluding steroid dienone is 2. The lowest BCUT2D eigenvalue weighted by molar-refractivity contribution is -0.143. The second kappa shape index (κ2) is 10.0. The number of fused-ring (bicyclic) bond motifs is 4. The highest BCUT2D eigenvalue weighted by atomic mass is 16.5. The molecule has 8 atom stereocenters. The van der Waals surface area contributed by atoms with E-state index >= 15 is 0 Å². The molecular formula is C30H44N2O5. The maximum atomic E-state index is 14.0. The minimum Gasteiger partial charge on any atom is -0.469 e. The van der Waals surface area contributed by atoms with Gasteiger partial charge in [-0.1, -0.05) is 50.2 Å². The third-order valence-electron chi connectivity index (χ3n) is 11.0. The first-order valence-corrected chi connectivity index (χ1v) is 13.9. The molecule has 4 rings (SSSR count). The first kappa shape index (κ1) is 27.6. The Labute approximate surface area is 221 Å². The predicted molar refractivity (Wildman–Crippen MR) is 143 cm³/mol. The molecule has 37 heavy (non-hydrogen) atoms. The van der Waals surface area contributed by atoms with Gasteiger partial charge in [0.2, 0.25) is 0 Å². The zero-order valence-electron chi connectivity index (χ0n) is 23.3. The van der Waals surface area contributed by atoms with Crippen LogP contribution in [-0.4, -0.2) is 40.7 Å². The van der Waals surface area contributed by atoms with Gasteiger partial charge in [-0.3, -0.25) is 9.59 Å². The number of hydrogen-bond donors (Lipinski definition) is 2. The van der Waals surface area contributed by atoms with Crippen LogP contribution >= 0.6 is 0 Å². The molecule has 2 saturated carbocycles. The summed E-state index contributed by atoms with van der Waals surface area (Å²) in [5, 5.41) is 27.0. The van der Waals surface area contributed by atoms with E-state index in [0.717, 1.165) is 54.5 Å². The Bertz CT molecular complexity index is 1070. The number of carbonyl (C=O) groups excluding carboxylic acids is 2. The molecule has 0 radical (unpaired) electrons. The summed E-state index contributed by atoms with van der Waals surface area (Å²) in [4.78, 5) is 26.0. The number of ketones is 1. The standard InChI is InChI=1S/C30H44N2O5/c1-16(18(3)28(34)37-7)8-9-17(2)20-10-11-21-26-24(32-36)14-22-19(4)23(31-35)12-13-29(22,5)27(26)25(33)15-30(20,21)6/h17-22,35-36H,1,8-15H2,2-7H3/b31-23+,32-24-/t17-,18+,19+,20-,21+,22+,29+,30-/m1/s1. The van der Waals surface area contributed by atoms with E-state index in [0.29, 0.717) is 36.8 Å². The molecule has 4 aliphatic rings. The van der Waals surface area contributed by atoms with Gasteiger partial charge in [0.1, 0.15) is 0 Å². The van der Waals surface area contributed by atoms with Crippen molar-refractivity contribution in [3.05, 3.63) is 23.3 Å². The van der Waals surface area contributed by atoms with E-state index in [1.165, 1.54) is 7.11 Å². The van der Waals surface area contributed by atoms with Gasteiger partial charge in [0.05, 0.1) is 24.5 Å². The lowest BCUT2D eigenvalue weighted by Crippen LogP contribution is -2.53. The topological polar surface area (TPSA) is 109 Å². The Kier molecular flexibility index (Phi) is 7.48. The molecule has 7 heteroatoms. The molecule has 0 saturated heterocycles. The third-order valence-corrected chi connectivity index (χ3v) is 11.0. The highest BCUT2D eigenvalue weighted by Crippen LogP contribution is 2.65. The summed E-state index contributed by atoms with van der Waals surface area (Å²) in [6.07, 6.45) is 6.24. The summed E-state index contributed by atoms with van der Waals surface area (Å²) >= 11 is 0. The van der Waals surface area contributed by atoms with Gasteiger partial charge in [0, 0.05) is 23.3 Å². The van der Waals surface area contributed by atoms with E-state index in [1.54, 1.807) is 0 Å². The number of rotatable bonds is 6. The Morgan fingerprint density at radius 1 is 1.22 bits per heavy atom. The largest absolute Gasteiger partial charge is 0.469 e. The molecule has 0 spiro atoms. The summed E-state index contributed by atoms with van der Waals surface area (Å²) in [5.74, 6) is 0.639. The average molecular weight is 513 g/mol. The minimum atomic E-state index is -0.318. The SMILES string of the molecule is C=C(CC[C@@H](C)[C@H]1CC[C@H]2C3=C(C(=O)C[C@]12C)[C@@]1(C)CC/C(=N\O)[C@@H](C)[C@@H]1C/C3=N/O)[C@H](C)C(=O)OC. The van der Waals surface area contributed by atoms with E-state index in [1.807, 2.05) is 6.92 Å².